The first-order valence-corrected chi connectivity index (χ1v) is 10.3. The summed E-state index contributed by atoms with van der Waals surface area (Å²) in [6.07, 6.45) is 0.967. The fourth-order valence-electron chi connectivity index (χ4n) is 3.55. The molecule has 2 atom stereocenters. The quantitative estimate of drug-likeness (QED) is 0.659. The van der Waals surface area contributed by atoms with Crippen molar-refractivity contribution < 1.29 is 9.53 Å². The van der Waals surface area contributed by atoms with Crippen molar-refractivity contribution in [2.45, 2.75) is 25.7 Å². The van der Waals surface area contributed by atoms with Gasteiger partial charge in [-0.15, -0.1) is 12.6 Å². The summed E-state index contributed by atoms with van der Waals surface area (Å²) in [6.45, 7) is 2.97. The average molecular weight is 424 g/mol. The number of hydrogen-bond donors (Lipinski definition) is 3. The molecule has 0 saturated carbocycles. The molecule has 0 aliphatic carbocycles. The molecule has 1 amide bonds. The highest BCUT2D eigenvalue weighted by molar-refractivity contribution is 7.83. The van der Waals surface area contributed by atoms with E-state index in [1.54, 1.807) is 11.7 Å². The van der Waals surface area contributed by atoms with Crippen LogP contribution in [-0.2, 0) is 11.3 Å². The van der Waals surface area contributed by atoms with Gasteiger partial charge in [-0.1, -0.05) is 36.4 Å². The zero-order valence-corrected chi connectivity index (χ0v) is 17.8. The Morgan fingerprint density at radius 3 is 2.90 bits per heavy atom. The number of nitrogens with zero attached hydrogens (tertiary/aromatic N) is 3. The van der Waals surface area contributed by atoms with Crippen LogP contribution in [-0.4, -0.2) is 43.1 Å². The molecule has 2 aromatic carbocycles. The van der Waals surface area contributed by atoms with Gasteiger partial charge in [0, 0.05) is 7.05 Å². The van der Waals surface area contributed by atoms with Crippen LogP contribution in [0.2, 0.25) is 0 Å². The van der Waals surface area contributed by atoms with Gasteiger partial charge in [0.25, 0.3) is 5.91 Å². The van der Waals surface area contributed by atoms with Crippen molar-refractivity contribution in [3.8, 4) is 5.75 Å². The lowest BCUT2D eigenvalue weighted by molar-refractivity contribution is -0.124. The monoisotopic (exact) mass is 423 g/mol. The second kappa shape index (κ2) is 8.81. The van der Waals surface area contributed by atoms with Crippen LogP contribution in [0.15, 0.2) is 64.6 Å². The minimum absolute atomic E-state index is 0.223. The fraction of sp³-hybridized carbons (Fsp3) is 0.273. The van der Waals surface area contributed by atoms with Crippen LogP contribution in [0.5, 0.6) is 5.75 Å². The number of hydrogen-bond acceptors (Lipinski definition) is 7. The molecular weight excluding hydrogens is 398 g/mol. The zero-order valence-electron chi connectivity index (χ0n) is 16.9. The molecule has 0 bridgehead atoms. The highest BCUT2D eigenvalue weighted by Gasteiger charge is 2.31. The lowest BCUT2D eigenvalue weighted by Gasteiger charge is -2.27. The standard InChI is InChI=1S/C22H25N5O2S/c1-15-8-9-20-18(10-15)26(2)19(13-30)17(12-29-20)24-22(28)21-23-14-27(25-21)11-16-6-4-3-5-7-16/h3-10,13-14,17,21,25,30H,11-12H2,1-2H3,(H,24,28)/b19-13+. The van der Waals surface area contributed by atoms with Gasteiger partial charge in [0.15, 0.2) is 6.17 Å². The lowest BCUT2D eigenvalue weighted by atomic mass is 10.1. The number of nitrogens with one attached hydrogen (secondary N) is 2. The van der Waals surface area contributed by atoms with Crippen LogP contribution in [0.1, 0.15) is 11.1 Å². The molecule has 7 nitrogen and oxygen atoms in total. The highest BCUT2D eigenvalue weighted by atomic mass is 32.1. The maximum absolute atomic E-state index is 12.9. The predicted molar refractivity (Wildman–Crippen MR) is 121 cm³/mol. The van der Waals surface area contributed by atoms with Crippen LogP contribution >= 0.6 is 12.6 Å². The number of fused-ring (bicyclic) bond motifs is 1. The Balaban J connectivity index is 1.41. The van der Waals surface area contributed by atoms with E-state index in [1.807, 2.05) is 66.3 Å². The van der Waals surface area contributed by atoms with Crippen LogP contribution < -0.4 is 20.4 Å². The van der Waals surface area contributed by atoms with Crippen molar-refractivity contribution in [1.82, 2.24) is 15.8 Å². The summed E-state index contributed by atoms with van der Waals surface area (Å²) >= 11 is 4.39. The van der Waals surface area contributed by atoms with Gasteiger partial charge < -0.3 is 15.0 Å². The third kappa shape index (κ3) is 4.29. The SMILES string of the molecule is Cc1ccc2c(c1)N(C)/C(=C/S)C(NC(=O)C1N=CN(Cc3ccccc3)N1)CO2. The first-order chi connectivity index (χ1) is 14.5. The van der Waals surface area contributed by atoms with Crippen LogP contribution in [0.4, 0.5) is 5.69 Å². The number of amides is 1. The molecule has 0 fully saturated rings. The van der Waals surface area contributed by atoms with Crippen molar-refractivity contribution in [1.29, 1.82) is 0 Å². The number of aryl methyl sites for hydroxylation is 1. The molecule has 2 heterocycles. The molecule has 2 aliphatic rings. The number of carbonyl (C=O) groups excluding carboxylic acids is 1. The lowest BCUT2D eigenvalue weighted by Crippen LogP contribution is -2.51. The van der Waals surface area contributed by atoms with Gasteiger partial charge in [-0.2, -0.15) is 0 Å². The van der Waals surface area contributed by atoms with Crippen molar-refractivity contribution in [3.63, 3.8) is 0 Å². The Labute approximate surface area is 181 Å². The zero-order chi connectivity index (χ0) is 21.1. The van der Waals surface area contributed by atoms with Crippen LogP contribution in [0.3, 0.4) is 0 Å². The van der Waals surface area contributed by atoms with Crippen LogP contribution in [0, 0.1) is 6.92 Å². The molecule has 30 heavy (non-hydrogen) atoms. The van der Waals surface area contributed by atoms with Gasteiger partial charge in [-0.25, -0.2) is 10.4 Å². The van der Waals surface area contributed by atoms with Gasteiger partial charge >= 0.3 is 0 Å². The number of benzene rings is 2. The van der Waals surface area contributed by atoms with Gasteiger partial charge in [0.1, 0.15) is 24.7 Å². The van der Waals surface area contributed by atoms with E-state index >= 15 is 0 Å². The fourth-order valence-corrected chi connectivity index (χ4v) is 3.90. The third-order valence-electron chi connectivity index (χ3n) is 5.16. The summed E-state index contributed by atoms with van der Waals surface area (Å²) in [7, 11) is 1.95. The summed E-state index contributed by atoms with van der Waals surface area (Å²) < 4.78 is 5.98. The minimum Gasteiger partial charge on any atom is -0.489 e. The summed E-state index contributed by atoms with van der Waals surface area (Å²) in [5, 5.41) is 6.56. The Kier molecular flexibility index (Phi) is 5.96. The summed E-state index contributed by atoms with van der Waals surface area (Å²) in [5.74, 6) is 0.553. The molecule has 0 aromatic heterocycles. The molecule has 2 aromatic rings. The van der Waals surface area contributed by atoms with Crippen molar-refractivity contribution >= 4 is 30.6 Å². The maximum atomic E-state index is 12.9. The van der Waals surface area contributed by atoms with E-state index in [0.717, 1.165) is 28.3 Å². The number of ether oxygens (including phenoxy) is 1. The van der Waals surface area contributed by atoms with E-state index in [-0.39, 0.29) is 11.9 Å². The van der Waals surface area contributed by atoms with Crippen molar-refractivity contribution in [3.05, 3.63) is 70.8 Å². The van der Waals surface area contributed by atoms with Crippen molar-refractivity contribution in [2.75, 3.05) is 18.6 Å². The first-order valence-electron chi connectivity index (χ1n) is 9.77. The molecule has 0 radical (unpaired) electrons. The number of anilines is 1. The number of rotatable bonds is 4. The predicted octanol–water partition coefficient (Wildman–Crippen LogP) is 2.45. The summed E-state index contributed by atoms with van der Waals surface area (Å²) in [4.78, 5) is 19.2. The van der Waals surface area contributed by atoms with Gasteiger partial charge in [-0.3, -0.25) is 9.80 Å². The van der Waals surface area contributed by atoms with E-state index in [4.69, 9.17) is 4.74 Å². The van der Waals surface area contributed by atoms with E-state index in [9.17, 15) is 4.79 Å². The molecule has 4 rings (SSSR count). The molecule has 156 valence electrons. The molecule has 0 saturated heterocycles. The Hall–Kier alpha value is -2.97. The minimum atomic E-state index is -0.687. The highest BCUT2D eigenvalue weighted by Crippen LogP contribution is 2.34. The van der Waals surface area contributed by atoms with Gasteiger partial charge in [-0.05, 0) is 35.6 Å². The maximum Gasteiger partial charge on any atom is 0.261 e. The number of likely N-dealkylation sites (N-methyl/N-ethyl adjacent to an activating group) is 1. The molecule has 8 heteroatoms. The topological polar surface area (TPSA) is 69.2 Å². The Bertz CT molecular complexity index is 979. The summed E-state index contributed by atoms with van der Waals surface area (Å²) in [5.41, 5.74) is 7.17. The Morgan fingerprint density at radius 2 is 2.13 bits per heavy atom. The second-order valence-electron chi connectivity index (χ2n) is 7.37. The van der Waals surface area contributed by atoms with Crippen LogP contribution in [0.25, 0.3) is 0 Å². The molecule has 2 unspecified atom stereocenters. The van der Waals surface area contributed by atoms with E-state index < -0.39 is 6.17 Å². The molecular formula is C22H25N5O2S. The summed E-state index contributed by atoms with van der Waals surface area (Å²) in [6, 6.07) is 15.7. The largest absolute Gasteiger partial charge is 0.489 e. The van der Waals surface area contributed by atoms with E-state index in [0.29, 0.717) is 13.2 Å². The molecule has 2 N–H and O–H groups in total. The number of thiol groups is 1. The normalized spacial score (nSPS) is 21.9. The van der Waals surface area contributed by atoms with E-state index in [2.05, 4.69) is 34.4 Å². The Morgan fingerprint density at radius 1 is 1.33 bits per heavy atom. The number of carbonyl (C=O) groups is 1. The molecule has 0 spiro atoms. The van der Waals surface area contributed by atoms with Crippen molar-refractivity contribution in [2.24, 2.45) is 4.99 Å². The first kappa shape index (κ1) is 20.3. The second-order valence-corrected chi connectivity index (χ2v) is 7.62. The smallest absolute Gasteiger partial charge is 0.261 e. The molecule has 2 aliphatic heterocycles. The average Bonchev–Trinajstić information content (AvgIpc) is 3.17. The van der Waals surface area contributed by atoms with Gasteiger partial charge in [0.05, 0.1) is 17.9 Å². The number of aliphatic imine (C=N–C) groups is 1. The van der Waals surface area contributed by atoms with E-state index in [1.165, 1.54) is 0 Å². The number of hydrazine groups is 1. The van der Waals surface area contributed by atoms with Gasteiger partial charge in [0.2, 0.25) is 0 Å². The third-order valence-corrected chi connectivity index (χ3v) is 5.43.